The third-order valence-electron chi connectivity index (χ3n) is 2.96. The van der Waals surface area contributed by atoms with E-state index in [1.807, 2.05) is 30.3 Å². The van der Waals surface area contributed by atoms with E-state index in [4.69, 9.17) is 5.73 Å². The molecule has 0 atom stereocenters. The van der Waals surface area contributed by atoms with Gasteiger partial charge in [0.1, 0.15) is 5.69 Å². The van der Waals surface area contributed by atoms with Gasteiger partial charge in [-0.05, 0) is 25.0 Å². The van der Waals surface area contributed by atoms with Crippen LogP contribution in [0.15, 0.2) is 35.1 Å². The van der Waals surface area contributed by atoms with E-state index in [-0.39, 0.29) is 5.56 Å². The molecule has 0 spiro atoms. The molecule has 2 aromatic rings. The average molecular weight is 215 g/mol. The molecule has 1 saturated carbocycles. The Kier molecular flexibility index (Phi) is 1.89. The number of rotatable bonds is 2. The molecule has 1 aromatic heterocycles. The highest BCUT2D eigenvalue weighted by Gasteiger charge is 2.29. The van der Waals surface area contributed by atoms with Crippen molar-refractivity contribution < 1.29 is 0 Å². The molecular weight excluding hydrogens is 202 g/mol. The van der Waals surface area contributed by atoms with Crippen molar-refractivity contribution in [3.05, 3.63) is 46.4 Å². The number of hydrogen-bond acceptors (Lipinski definition) is 2. The number of aromatic amines is 1. The van der Waals surface area contributed by atoms with Crippen LogP contribution in [0.3, 0.4) is 0 Å². The molecule has 3 N–H and O–H groups in total. The summed E-state index contributed by atoms with van der Waals surface area (Å²) in [5.41, 5.74) is 7.76. The van der Waals surface area contributed by atoms with Crippen molar-refractivity contribution in [1.29, 1.82) is 0 Å². The Morgan fingerprint density at radius 2 is 1.94 bits per heavy atom. The molecule has 0 unspecified atom stereocenters. The molecule has 1 aliphatic rings. The van der Waals surface area contributed by atoms with E-state index in [1.54, 1.807) is 0 Å². The number of nitrogens with two attached hydrogens (primary N) is 1. The lowest BCUT2D eigenvalue weighted by molar-refractivity contribution is 0.816. The fraction of sp³-hybridized carbons (Fsp3) is 0.250. The van der Waals surface area contributed by atoms with Gasteiger partial charge in [0.15, 0.2) is 0 Å². The first-order valence-electron chi connectivity index (χ1n) is 5.43. The minimum atomic E-state index is -0.145. The lowest BCUT2D eigenvalue weighted by Gasteiger charge is -2.00. The molecule has 16 heavy (non-hydrogen) atoms. The maximum absolute atomic E-state index is 11.9. The van der Waals surface area contributed by atoms with E-state index in [0.29, 0.717) is 11.6 Å². The molecule has 1 aliphatic carbocycles. The fourth-order valence-electron chi connectivity index (χ4n) is 1.91. The second kappa shape index (κ2) is 3.27. The van der Waals surface area contributed by atoms with E-state index >= 15 is 0 Å². The van der Waals surface area contributed by atoms with Crippen molar-refractivity contribution in [2.75, 3.05) is 5.73 Å². The zero-order valence-electron chi connectivity index (χ0n) is 8.81. The first-order chi connectivity index (χ1) is 7.77. The maximum atomic E-state index is 11.9. The number of nitrogen functional groups attached to an aromatic ring is 1. The van der Waals surface area contributed by atoms with E-state index in [1.165, 1.54) is 4.68 Å². The van der Waals surface area contributed by atoms with E-state index < -0.39 is 0 Å². The van der Waals surface area contributed by atoms with Crippen molar-refractivity contribution in [2.45, 2.75) is 18.8 Å². The van der Waals surface area contributed by atoms with Crippen LogP contribution in [-0.4, -0.2) is 9.78 Å². The van der Waals surface area contributed by atoms with Gasteiger partial charge in [0, 0.05) is 5.92 Å². The van der Waals surface area contributed by atoms with Crippen LogP contribution in [0.4, 0.5) is 5.69 Å². The van der Waals surface area contributed by atoms with Crippen LogP contribution in [0.5, 0.6) is 0 Å². The Labute approximate surface area is 92.7 Å². The Hall–Kier alpha value is -1.97. The number of aromatic nitrogens is 2. The second-order valence-electron chi connectivity index (χ2n) is 4.19. The standard InChI is InChI=1S/C12H13N3O/c13-10-11(8-6-7-8)14-15(12(10)16)9-4-2-1-3-5-9/h1-5,8,14H,6-7,13H2. The predicted octanol–water partition coefficient (Wildman–Crippen LogP) is 1.63. The summed E-state index contributed by atoms with van der Waals surface area (Å²) in [5.74, 6) is 0.456. The fourth-order valence-corrected chi connectivity index (χ4v) is 1.91. The Morgan fingerprint density at radius 1 is 1.25 bits per heavy atom. The molecular formula is C12H13N3O. The number of H-pyrrole nitrogens is 1. The lowest BCUT2D eigenvalue weighted by Crippen LogP contribution is -2.16. The van der Waals surface area contributed by atoms with Crippen molar-refractivity contribution in [2.24, 2.45) is 0 Å². The molecule has 0 aliphatic heterocycles. The van der Waals surface area contributed by atoms with Gasteiger partial charge in [-0.15, -0.1) is 0 Å². The number of hydrogen-bond donors (Lipinski definition) is 2. The summed E-state index contributed by atoms with van der Waals surface area (Å²) < 4.78 is 1.52. The summed E-state index contributed by atoms with van der Waals surface area (Å²) in [5, 5.41) is 3.11. The monoisotopic (exact) mass is 215 g/mol. The highest BCUT2D eigenvalue weighted by Crippen LogP contribution is 2.40. The van der Waals surface area contributed by atoms with Gasteiger partial charge in [-0.3, -0.25) is 9.89 Å². The molecule has 0 radical (unpaired) electrons. The van der Waals surface area contributed by atoms with Crippen molar-refractivity contribution in [3.8, 4) is 5.69 Å². The summed E-state index contributed by atoms with van der Waals surface area (Å²) >= 11 is 0. The molecule has 3 rings (SSSR count). The summed E-state index contributed by atoms with van der Waals surface area (Å²) in [7, 11) is 0. The zero-order valence-corrected chi connectivity index (χ0v) is 8.81. The average Bonchev–Trinajstić information content (AvgIpc) is 3.10. The van der Waals surface area contributed by atoms with Crippen LogP contribution >= 0.6 is 0 Å². The minimum absolute atomic E-state index is 0.145. The van der Waals surface area contributed by atoms with Crippen LogP contribution in [0, 0.1) is 0 Å². The minimum Gasteiger partial charge on any atom is -0.393 e. The number of nitrogens with zero attached hydrogens (tertiary/aromatic N) is 1. The number of nitrogens with one attached hydrogen (secondary N) is 1. The third-order valence-corrected chi connectivity index (χ3v) is 2.96. The zero-order chi connectivity index (χ0) is 11.1. The van der Waals surface area contributed by atoms with Crippen molar-refractivity contribution in [1.82, 2.24) is 9.78 Å². The molecule has 1 heterocycles. The van der Waals surface area contributed by atoms with Gasteiger partial charge >= 0.3 is 0 Å². The quantitative estimate of drug-likeness (QED) is 0.799. The summed E-state index contributed by atoms with van der Waals surface area (Å²) in [6.07, 6.45) is 2.25. The van der Waals surface area contributed by atoms with Gasteiger partial charge in [0.2, 0.25) is 0 Å². The SMILES string of the molecule is Nc1c(C2CC2)[nH]n(-c2ccccc2)c1=O. The van der Waals surface area contributed by atoms with Gasteiger partial charge in [0.25, 0.3) is 5.56 Å². The maximum Gasteiger partial charge on any atom is 0.294 e. The molecule has 1 aromatic carbocycles. The Morgan fingerprint density at radius 3 is 2.56 bits per heavy atom. The molecule has 0 saturated heterocycles. The van der Waals surface area contributed by atoms with Gasteiger partial charge in [0.05, 0.1) is 11.4 Å². The number of anilines is 1. The van der Waals surface area contributed by atoms with Crippen LogP contribution in [-0.2, 0) is 0 Å². The molecule has 0 bridgehead atoms. The normalized spacial score (nSPS) is 15.2. The Balaban J connectivity index is 2.15. The molecule has 4 nitrogen and oxygen atoms in total. The van der Waals surface area contributed by atoms with Gasteiger partial charge in [-0.25, -0.2) is 4.68 Å². The molecule has 82 valence electrons. The Bertz CT molecular complexity index is 564. The smallest absolute Gasteiger partial charge is 0.294 e. The van der Waals surface area contributed by atoms with Crippen LogP contribution in [0.2, 0.25) is 0 Å². The van der Waals surface area contributed by atoms with Crippen LogP contribution in [0.25, 0.3) is 5.69 Å². The van der Waals surface area contributed by atoms with Crippen LogP contribution in [0.1, 0.15) is 24.5 Å². The van der Waals surface area contributed by atoms with Gasteiger partial charge in [-0.1, -0.05) is 18.2 Å². The largest absolute Gasteiger partial charge is 0.393 e. The van der Waals surface area contributed by atoms with Gasteiger partial charge in [-0.2, -0.15) is 0 Å². The summed E-state index contributed by atoms with van der Waals surface area (Å²) in [6, 6.07) is 9.48. The topological polar surface area (TPSA) is 63.8 Å². The predicted molar refractivity (Wildman–Crippen MR) is 62.8 cm³/mol. The lowest BCUT2D eigenvalue weighted by atomic mass is 10.3. The highest BCUT2D eigenvalue weighted by atomic mass is 16.1. The first-order valence-corrected chi connectivity index (χ1v) is 5.43. The van der Waals surface area contributed by atoms with E-state index in [0.717, 1.165) is 24.2 Å². The van der Waals surface area contributed by atoms with Crippen molar-refractivity contribution >= 4 is 5.69 Å². The van der Waals surface area contributed by atoms with E-state index in [9.17, 15) is 4.79 Å². The summed E-state index contributed by atoms with van der Waals surface area (Å²) in [4.78, 5) is 11.9. The molecule has 0 amide bonds. The number of benzene rings is 1. The number of para-hydroxylation sites is 1. The van der Waals surface area contributed by atoms with Gasteiger partial charge < -0.3 is 5.73 Å². The summed E-state index contributed by atoms with van der Waals surface area (Å²) in [6.45, 7) is 0. The first kappa shape index (κ1) is 9.27. The van der Waals surface area contributed by atoms with Crippen molar-refractivity contribution in [3.63, 3.8) is 0 Å². The van der Waals surface area contributed by atoms with E-state index in [2.05, 4.69) is 5.10 Å². The molecule has 1 fully saturated rings. The molecule has 4 heteroatoms. The second-order valence-corrected chi connectivity index (χ2v) is 4.19. The van der Waals surface area contributed by atoms with Crippen LogP contribution < -0.4 is 11.3 Å². The highest BCUT2D eigenvalue weighted by molar-refractivity contribution is 5.47. The third kappa shape index (κ3) is 1.34.